The molecule has 1 aliphatic carbocycles. The molecule has 1 atom stereocenters. The topological polar surface area (TPSA) is 55.4 Å². The van der Waals surface area contributed by atoms with Gasteiger partial charge in [0.2, 0.25) is 0 Å². The van der Waals surface area contributed by atoms with Gasteiger partial charge in [0.25, 0.3) is 0 Å². The molecule has 0 bridgehead atoms. The van der Waals surface area contributed by atoms with Crippen LogP contribution < -0.4 is 5.32 Å². The van der Waals surface area contributed by atoms with Crippen molar-refractivity contribution in [1.82, 2.24) is 5.32 Å². The zero-order valence-electron chi connectivity index (χ0n) is 13.1. The van der Waals surface area contributed by atoms with Crippen molar-refractivity contribution in [1.29, 1.82) is 0 Å². The third kappa shape index (κ3) is 2.79. The molecule has 0 radical (unpaired) electrons. The van der Waals surface area contributed by atoms with Crippen LogP contribution in [0.3, 0.4) is 0 Å². The summed E-state index contributed by atoms with van der Waals surface area (Å²) in [6, 6.07) is 7.31. The number of esters is 1. The SMILES string of the molecule is COC(=O)C1=C(C)NC2=C(C(=O)CCC2)[C@@H]1c1cccc(Cl)c1. The van der Waals surface area contributed by atoms with Gasteiger partial charge in [-0.2, -0.15) is 0 Å². The summed E-state index contributed by atoms with van der Waals surface area (Å²) < 4.78 is 4.95. The number of benzene rings is 1. The number of rotatable bonds is 2. The van der Waals surface area contributed by atoms with Gasteiger partial charge in [-0.1, -0.05) is 23.7 Å². The largest absolute Gasteiger partial charge is 0.466 e. The van der Waals surface area contributed by atoms with Gasteiger partial charge in [-0.05, 0) is 37.5 Å². The first-order valence-corrected chi connectivity index (χ1v) is 7.98. The molecule has 0 saturated heterocycles. The predicted octanol–water partition coefficient (Wildman–Crippen LogP) is 3.48. The van der Waals surface area contributed by atoms with Crippen molar-refractivity contribution in [2.75, 3.05) is 7.11 Å². The summed E-state index contributed by atoms with van der Waals surface area (Å²) in [7, 11) is 1.35. The molecule has 2 aliphatic rings. The fraction of sp³-hybridized carbons (Fsp3) is 0.333. The number of hydrogen-bond donors (Lipinski definition) is 1. The molecule has 0 unspecified atom stereocenters. The van der Waals surface area contributed by atoms with E-state index in [-0.39, 0.29) is 5.78 Å². The Balaban J connectivity index is 2.20. The Bertz CT molecular complexity index is 748. The van der Waals surface area contributed by atoms with E-state index in [2.05, 4.69) is 5.32 Å². The molecule has 120 valence electrons. The van der Waals surface area contributed by atoms with Crippen molar-refractivity contribution in [2.45, 2.75) is 32.1 Å². The minimum Gasteiger partial charge on any atom is -0.466 e. The van der Waals surface area contributed by atoms with Crippen LogP contribution in [0.5, 0.6) is 0 Å². The van der Waals surface area contributed by atoms with E-state index in [4.69, 9.17) is 16.3 Å². The summed E-state index contributed by atoms with van der Waals surface area (Å²) in [4.78, 5) is 24.9. The average Bonchev–Trinajstić information content (AvgIpc) is 2.53. The second kappa shape index (κ2) is 6.20. The Kier molecular flexibility index (Phi) is 4.26. The summed E-state index contributed by atoms with van der Waals surface area (Å²) >= 11 is 6.12. The first-order valence-electron chi connectivity index (χ1n) is 7.60. The van der Waals surface area contributed by atoms with Crippen molar-refractivity contribution in [3.05, 3.63) is 57.4 Å². The van der Waals surface area contributed by atoms with Crippen LogP contribution in [0, 0.1) is 0 Å². The molecule has 1 N–H and O–H groups in total. The molecular weight excluding hydrogens is 314 g/mol. The van der Waals surface area contributed by atoms with Gasteiger partial charge in [-0.25, -0.2) is 4.79 Å². The second-order valence-corrected chi connectivity index (χ2v) is 6.25. The van der Waals surface area contributed by atoms with Gasteiger partial charge in [0.15, 0.2) is 5.78 Å². The highest BCUT2D eigenvalue weighted by molar-refractivity contribution is 6.30. The Morgan fingerprint density at radius 2 is 2.13 bits per heavy atom. The van der Waals surface area contributed by atoms with Crippen molar-refractivity contribution in [3.63, 3.8) is 0 Å². The molecule has 1 aliphatic heterocycles. The highest BCUT2D eigenvalue weighted by Crippen LogP contribution is 2.42. The Hall–Kier alpha value is -2.07. The Labute approximate surface area is 140 Å². The summed E-state index contributed by atoms with van der Waals surface area (Å²) in [6.45, 7) is 1.84. The molecular formula is C18H18ClNO3. The van der Waals surface area contributed by atoms with Crippen molar-refractivity contribution in [3.8, 4) is 0 Å². The number of halogens is 1. The number of ether oxygens (including phenoxy) is 1. The van der Waals surface area contributed by atoms with E-state index in [1.165, 1.54) is 7.11 Å². The number of nitrogens with one attached hydrogen (secondary N) is 1. The smallest absolute Gasteiger partial charge is 0.336 e. The summed E-state index contributed by atoms with van der Waals surface area (Å²) in [5.41, 5.74) is 3.63. The van der Waals surface area contributed by atoms with Gasteiger partial charge in [-0.15, -0.1) is 0 Å². The first-order chi connectivity index (χ1) is 11.0. The van der Waals surface area contributed by atoms with Crippen LogP contribution in [-0.4, -0.2) is 18.9 Å². The molecule has 23 heavy (non-hydrogen) atoms. The van der Waals surface area contributed by atoms with E-state index in [1.54, 1.807) is 12.1 Å². The van der Waals surface area contributed by atoms with Crippen molar-refractivity contribution in [2.24, 2.45) is 0 Å². The quantitative estimate of drug-likeness (QED) is 0.843. The lowest BCUT2D eigenvalue weighted by Gasteiger charge is -2.34. The molecule has 3 rings (SSSR count). The van der Waals surface area contributed by atoms with Crippen LogP contribution in [0.15, 0.2) is 46.8 Å². The fourth-order valence-electron chi connectivity index (χ4n) is 3.38. The number of dihydropyridines is 1. The lowest BCUT2D eigenvalue weighted by Crippen LogP contribution is -2.34. The van der Waals surface area contributed by atoms with Crippen LogP contribution >= 0.6 is 11.6 Å². The Morgan fingerprint density at radius 3 is 2.83 bits per heavy atom. The Morgan fingerprint density at radius 1 is 1.35 bits per heavy atom. The van der Waals surface area contributed by atoms with Crippen LogP contribution in [0.4, 0.5) is 0 Å². The standard InChI is InChI=1S/C18H18ClNO3/c1-10-15(18(22)23-2)16(11-5-3-6-12(19)9-11)17-13(20-10)7-4-8-14(17)21/h3,5-6,9,16,20H,4,7-8H2,1-2H3/t16-/m1/s1. The van der Waals surface area contributed by atoms with Gasteiger partial charge in [0.1, 0.15) is 0 Å². The maximum Gasteiger partial charge on any atom is 0.336 e. The minimum absolute atomic E-state index is 0.0811. The van der Waals surface area contributed by atoms with Gasteiger partial charge < -0.3 is 10.1 Å². The molecule has 0 saturated carbocycles. The molecule has 0 amide bonds. The number of ketones is 1. The zero-order valence-corrected chi connectivity index (χ0v) is 13.9. The van der Waals surface area contributed by atoms with E-state index < -0.39 is 11.9 Å². The van der Waals surface area contributed by atoms with E-state index in [9.17, 15) is 9.59 Å². The molecule has 1 heterocycles. The number of allylic oxidation sites excluding steroid dienone is 3. The minimum atomic E-state index is -0.426. The van der Waals surface area contributed by atoms with E-state index in [0.29, 0.717) is 22.6 Å². The molecule has 1 aromatic carbocycles. The van der Waals surface area contributed by atoms with Gasteiger partial charge >= 0.3 is 5.97 Å². The number of carbonyl (C=O) groups excluding carboxylic acids is 2. The van der Waals surface area contributed by atoms with Crippen LogP contribution in [0.1, 0.15) is 37.7 Å². The van der Waals surface area contributed by atoms with Gasteiger partial charge in [0.05, 0.1) is 12.7 Å². The normalized spacial score (nSPS) is 21.0. The number of carbonyl (C=O) groups is 2. The number of Topliss-reactive ketones (excluding diaryl/α,β-unsaturated/α-hetero) is 1. The van der Waals surface area contributed by atoms with Crippen molar-refractivity contribution >= 4 is 23.4 Å². The maximum atomic E-state index is 12.6. The summed E-state index contributed by atoms with van der Waals surface area (Å²) in [6.07, 6.45) is 2.14. The third-order valence-corrected chi connectivity index (χ3v) is 4.60. The van der Waals surface area contributed by atoms with Crippen LogP contribution in [0.25, 0.3) is 0 Å². The fourth-order valence-corrected chi connectivity index (χ4v) is 3.58. The lowest BCUT2D eigenvalue weighted by atomic mass is 9.75. The molecule has 1 aromatic rings. The zero-order chi connectivity index (χ0) is 16.6. The molecule has 4 nitrogen and oxygen atoms in total. The predicted molar refractivity (Wildman–Crippen MR) is 87.9 cm³/mol. The summed E-state index contributed by atoms with van der Waals surface area (Å²) in [5.74, 6) is -0.771. The third-order valence-electron chi connectivity index (χ3n) is 4.36. The molecule has 5 heteroatoms. The number of methoxy groups -OCH3 is 1. The van der Waals surface area contributed by atoms with E-state index in [1.807, 2.05) is 19.1 Å². The first kappa shape index (κ1) is 15.8. The molecule has 0 aromatic heterocycles. The number of hydrogen-bond acceptors (Lipinski definition) is 4. The van der Waals surface area contributed by atoms with E-state index in [0.717, 1.165) is 29.8 Å². The van der Waals surface area contributed by atoms with Crippen molar-refractivity contribution < 1.29 is 14.3 Å². The molecule has 0 spiro atoms. The van der Waals surface area contributed by atoms with Gasteiger partial charge in [-0.3, -0.25) is 4.79 Å². The second-order valence-electron chi connectivity index (χ2n) is 5.81. The van der Waals surface area contributed by atoms with Crippen LogP contribution in [0.2, 0.25) is 5.02 Å². The molecule has 0 fully saturated rings. The monoisotopic (exact) mass is 331 g/mol. The van der Waals surface area contributed by atoms with E-state index >= 15 is 0 Å². The average molecular weight is 332 g/mol. The maximum absolute atomic E-state index is 12.6. The lowest BCUT2D eigenvalue weighted by molar-refractivity contribution is -0.136. The highest BCUT2D eigenvalue weighted by atomic mass is 35.5. The van der Waals surface area contributed by atoms with Gasteiger partial charge in [0, 0.05) is 34.3 Å². The summed E-state index contributed by atoms with van der Waals surface area (Å²) in [5, 5.41) is 3.81. The highest BCUT2D eigenvalue weighted by Gasteiger charge is 2.38. The van der Waals surface area contributed by atoms with Crippen LogP contribution in [-0.2, 0) is 14.3 Å².